The summed E-state index contributed by atoms with van der Waals surface area (Å²) >= 11 is 0. The van der Waals surface area contributed by atoms with Crippen molar-refractivity contribution in [3.63, 3.8) is 0 Å². The standard InChI is InChI=1S/C10H14N2/c1-8(2)9-7-12-6-4-3-5-10(12)11-9/h3-8,10-11H,1-2H3. The van der Waals surface area contributed by atoms with Gasteiger partial charge in [-0.1, -0.05) is 19.9 Å². The molecule has 2 aliphatic heterocycles. The molecule has 0 amide bonds. The molecule has 0 fully saturated rings. The lowest BCUT2D eigenvalue weighted by Gasteiger charge is -2.21. The first kappa shape index (κ1) is 7.47. The molecule has 64 valence electrons. The highest BCUT2D eigenvalue weighted by Crippen LogP contribution is 2.20. The van der Waals surface area contributed by atoms with E-state index in [1.807, 2.05) is 0 Å². The number of nitrogens with one attached hydrogen (secondary N) is 1. The molecule has 0 bridgehead atoms. The number of nitrogens with zero attached hydrogens (tertiary/aromatic N) is 1. The lowest BCUT2D eigenvalue weighted by atomic mass is 10.1. The molecule has 2 heteroatoms. The third-order valence-electron chi connectivity index (χ3n) is 2.21. The van der Waals surface area contributed by atoms with E-state index in [1.54, 1.807) is 0 Å². The molecule has 0 saturated carbocycles. The Morgan fingerprint density at radius 1 is 1.42 bits per heavy atom. The van der Waals surface area contributed by atoms with E-state index in [4.69, 9.17) is 0 Å². The first-order chi connectivity index (χ1) is 5.77. The Morgan fingerprint density at radius 2 is 2.25 bits per heavy atom. The molecule has 0 aromatic rings. The fourth-order valence-electron chi connectivity index (χ4n) is 1.44. The van der Waals surface area contributed by atoms with Gasteiger partial charge < -0.3 is 10.2 Å². The zero-order valence-corrected chi connectivity index (χ0v) is 7.49. The van der Waals surface area contributed by atoms with E-state index in [1.165, 1.54) is 5.70 Å². The molecule has 2 nitrogen and oxygen atoms in total. The summed E-state index contributed by atoms with van der Waals surface area (Å²) in [6.45, 7) is 4.40. The number of hydrogen-bond donors (Lipinski definition) is 1. The maximum atomic E-state index is 3.44. The van der Waals surface area contributed by atoms with Crippen LogP contribution in [-0.4, -0.2) is 11.1 Å². The second-order valence-corrected chi connectivity index (χ2v) is 3.50. The van der Waals surface area contributed by atoms with E-state index in [-0.39, 0.29) is 0 Å². The van der Waals surface area contributed by atoms with E-state index in [2.05, 4.69) is 54.7 Å². The van der Waals surface area contributed by atoms with Gasteiger partial charge in [-0.05, 0) is 18.1 Å². The smallest absolute Gasteiger partial charge is 0.122 e. The molecule has 0 aromatic heterocycles. The predicted octanol–water partition coefficient (Wildman–Crippen LogP) is 1.80. The Balaban J connectivity index is 2.16. The van der Waals surface area contributed by atoms with Gasteiger partial charge in [0.1, 0.15) is 6.17 Å². The van der Waals surface area contributed by atoms with Gasteiger partial charge in [0, 0.05) is 18.1 Å². The maximum Gasteiger partial charge on any atom is 0.122 e. The average molecular weight is 162 g/mol. The molecule has 0 aliphatic carbocycles. The van der Waals surface area contributed by atoms with Gasteiger partial charge in [0.2, 0.25) is 0 Å². The Kier molecular flexibility index (Phi) is 1.68. The number of rotatable bonds is 1. The summed E-state index contributed by atoms with van der Waals surface area (Å²) in [6, 6.07) is 0. The van der Waals surface area contributed by atoms with Crippen LogP contribution in [0, 0.1) is 5.92 Å². The first-order valence-corrected chi connectivity index (χ1v) is 4.38. The summed E-state index contributed by atoms with van der Waals surface area (Å²) < 4.78 is 0. The minimum atomic E-state index is 0.354. The molecule has 0 saturated heterocycles. The highest BCUT2D eigenvalue weighted by molar-refractivity contribution is 5.23. The van der Waals surface area contributed by atoms with Crippen molar-refractivity contribution in [3.8, 4) is 0 Å². The van der Waals surface area contributed by atoms with Gasteiger partial charge in [0.15, 0.2) is 0 Å². The van der Waals surface area contributed by atoms with E-state index >= 15 is 0 Å². The van der Waals surface area contributed by atoms with Crippen LogP contribution in [0.5, 0.6) is 0 Å². The summed E-state index contributed by atoms with van der Waals surface area (Å²) in [7, 11) is 0. The molecule has 0 radical (unpaired) electrons. The third-order valence-corrected chi connectivity index (χ3v) is 2.21. The van der Waals surface area contributed by atoms with E-state index < -0.39 is 0 Å². The van der Waals surface area contributed by atoms with Crippen molar-refractivity contribution in [2.45, 2.75) is 20.0 Å². The van der Waals surface area contributed by atoms with Gasteiger partial charge in [-0.25, -0.2) is 0 Å². The van der Waals surface area contributed by atoms with Crippen molar-refractivity contribution in [2.24, 2.45) is 5.92 Å². The molecule has 1 atom stereocenters. The second-order valence-electron chi connectivity index (χ2n) is 3.50. The normalized spacial score (nSPS) is 25.8. The SMILES string of the molecule is CC(C)C1=CN2C=CC=CC2N1. The minimum Gasteiger partial charge on any atom is -0.364 e. The van der Waals surface area contributed by atoms with Crippen LogP contribution >= 0.6 is 0 Å². The second kappa shape index (κ2) is 2.70. The van der Waals surface area contributed by atoms with Crippen LogP contribution in [0.25, 0.3) is 0 Å². The topological polar surface area (TPSA) is 15.3 Å². The quantitative estimate of drug-likeness (QED) is 0.632. The van der Waals surface area contributed by atoms with Crippen LogP contribution in [0.3, 0.4) is 0 Å². The summed E-state index contributed by atoms with van der Waals surface area (Å²) in [6.07, 6.45) is 10.9. The van der Waals surface area contributed by atoms with Crippen LogP contribution in [0.15, 0.2) is 36.3 Å². The molecule has 2 aliphatic rings. The Morgan fingerprint density at radius 3 is 2.92 bits per heavy atom. The molecular formula is C10H14N2. The Hall–Kier alpha value is -1.18. The number of fused-ring (bicyclic) bond motifs is 1. The highest BCUT2D eigenvalue weighted by atomic mass is 15.3. The zero-order valence-electron chi connectivity index (χ0n) is 7.49. The number of hydrogen-bond acceptors (Lipinski definition) is 2. The van der Waals surface area contributed by atoms with Crippen molar-refractivity contribution in [3.05, 3.63) is 36.3 Å². The highest BCUT2D eigenvalue weighted by Gasteiger charge is 2.21. The van der Waals surface area contributed by atoms with Gasteiger partial charge >= 0.3 is 0 Å². The van der Waals surface area contributed by atoms with Gasteiger partial charge in [0.05, 0.1) is 0 Å². The van der Waals surface area contributed by atoms with Crippen LogP contribution < -0.4 is 5.32 Å². The lowest BCUT2D eigenvalue weighted by Crippen LogP contribution is -2.32. The van der Waals surface area contributed by atoms with Gasteiger partial charge in [-0.15, -0.1) is 0 Å². The van der Waals surface area contributed by atoms with Crippen LogP contribution in [-0.2, 0) is 0 Å². The number of allylic oxidation sites excluding steroid dienone is 3. The molecule has 0 aromatic carbocycles. The van der Waals surface area contributed by atoms with Gasteiger partial charge in [0.25, 0.3) is 0 Å². The van der Waals surface area contributed by atoms with Crippen molar-refractivity contribution >= 4 is 0 Å². The average Bonchev–Trinajstić information content (AvgIpc) is 2.46. The van der Waals surface area contributed by atoms with Crippen molar-refractivity contribution < 1.29 is 0 Å². The van der Waals surface area contributed by atoms with E-state index in [0.29, 0.717) is 12.1 Å². The first-order valence-electron chi connectivity index (χ1n) is 4.38. The van der Waals surface area contributed by atoms with Crippen molar-refractivity contribution in [1.82, 2.24) is 10.2 Å². The molecule has 1 N–H and O–H groups in total. The fourth-order valence-corrected chi connectivity index (χ4v) is 1.44. The molecule has 1 unspecified atom stereocenters. The molecule has 0 spiro atoms. The van der Waals surface area contributed by atoms with E-state index in [0.717, 1.165) is 0 Å². The summed E-state index contributed by atoms with van der Waals surface area (Å²) in [5.74, 6) is 0.581. The maximum absolute atomic E-state index is 3.44. The summed E-state index contributed by atoms with van der Waals surface area (Å²) in [5.41, 5.74) is 1.32. The fraction of sp³-hybridized carbons (Fsp3) is 0.400. The molecule has 2 heterocycles. The Bertz CT molecular complexity index is 261. The van der Waals surface area contributed by atoms with E-state index in [9.17, 15) is 0 Å². The molecule has 2 rings (SSSR count). The van der Waals surface area contributed by atoms with Crippen LogP contribution in [0.2, 0.25) is 0 Å². The van der Waals surface area contributed by atoms with Crippen molar-refractivity contribution in [2.75, 3.05) is 0 Å². The monoisotopic (exact) mass is 162 g/mol. The Labute approximate surface area is 73.3 Å². The minimum absolute atomic E-state index is 0.354. The predicted molar refractivity (Wildman–Crippen MR) is 50.0 cm³/mol. The summed E-state index contributed by atoms with van der Waals surface area (Å²) in [4.78, 5) is 2.19. The summed E-state index contributed by atoms with van der Waals surface area (Å²) in [5, 5.41) is 3.44. The largest absolute Gasteiger partial charge is 0.364 e. The molecular weight excluding hydrogens is 148 g/mol. The zero-order chi connectivity index (χ0) is 8.55. The van der Waals surface area contributed by atoms with Crippen LogP contribution in [0.4, 0.5) is 0 Å². The molecule has 12 heavy (non-hydrogen) atoms. The van der Waals surface area contributed by atoms with Crippen LogP contribution in [0.1, 0.15) is 13.8 Å². The third kappa shape index (κ3) is 1.13. The lowest BCUT2D eigenvalue weighted by molar-refractivity contribution is 0.420. The van der Waals surface area contributed by atoms with Crippen molar-refractivity contribution in [1.29, 1.82) is 0 Å². The van der Waals surface area contributed by atoms with Gasteiger partial charge in [-0.3, -0.25) is 0 Å². The van der Waals surface area contributed by atoms with Gasteiger partial charge in [-0.2, -0.15) is 0 Å².